The maximum absolute atomic E-state index is 4.95. The van der Waals surface area contributed by atoms with Gasteiger partial charge in [-0.2, -0.15) is 0 Å². The van der Waals surface area contributed by atoms with Crippen LogP contribution in [0.1, 0.15) is 47.3 Å². The Morgan fingerprint density at radius 2 is 1.79 bits per heavy atom. The number of hydrogen-bond donors (Lipinski definition) is 2. The van der Waals surface area contributed by atoms with Crippen molar-refractivity contribution in [3.05, 3.63) is 57.9 Å². The first-order valence-corrected chi connectivity index (χ1v) is 11.1. The Morgan fingerprint density at radius 3 is 2.52 bits per heavy atom. The molecule has 0 fully saturated rings. The molecule has 5 heteroatoms. The van der Waals surface area contributed by atoms with Crippen molar-refractivity contribution in [3.8, 4) is 21.8 Å². The summed E-state index contributed by atoms with van der Waals surface area (Å²) in [5.74, 6) is 0.413. The number of rotatable bonds is 3. The predicted molar refractivity (Wildman–Crippen MR) is 122 cm³/mol. The van der Waals surface area contributed by atoms with Crippen LogP contribution in [0.15, 0.2) is 30.3 Å². The second-order valence-corrected chi connectivity index (χ2v) is 9.37. The van der Waals surface area contributed by atoms with E-state index in [1.54, 1.807) is 0 Å². The number of pyridine rings is 1. The van der Waals surface area contributed by atoms with Crippen LogP contribution in [-0.2, 0) is 13.0 Å². The van der Waals surface area contributed by atoms with E-state index in [9.17, 15) is 0 Å². The first-order valence-electron chi connectivity index (χ1n) is 10.3. The van der Waals surface area contributed by atoms with Gasteiger partial charge in [0, 0.05) is 57.8 Å². The molecule has 148 valence electrons. The van der Waals surface area contributed by atoms with E-state index in [4.69, 9.17) is 4.98 Å². The minimum Gasteiger partial charge on any atom is -0.354 e. The number of aromatic amines is 1. The molecule has 2 N–H and O–H groups in total. The first-order chi connectivity index (χ1) is 14.0. The maximum Gasteiger partial charge on any atom is 0.123 e. The summed E-state index contributed by atoms with van der Waals surface area (Å²) in [6.45, 7) is 10.6. The SMILES string of the molecule is Cc1cc(-c2[nH]c3ccc(-c4nc5c(s4)CNCC5)cc3c2C(C)C)cc(C)n1. The Morgan fingerprint density at radius 1 is 1.00 bits per heavy atom. The number of aryl methyl sites for hydroxylation is 2. The van der Waals surface area contributed by atoms with Gasteiger partial charge in [0.1, 0.15) is 5.01 Å². The number of nitrogens with one attached hydrogen (secondary N) is 2. The van der Waals surface area contributed by atoms with Crippen LogP contribution in [0.3, 0.4) is 0 Å². The summed E-state index contributed by atoms with van der Waals surface area (Å²) in [5, 5.41) is 5.88. The highest BCUT2D eigenvalue weighted by Crippen LogP contribution is 2.39. The van der Waals surface area contributed by atoms with E-state index in [1.165, 1.54) is 43.9 Å². The zero-order valence-electron chi connectivity index (χ0n) is 17.4. The fourth-order valence-electron chi connectivity index (χ4n) is 4.40. The monoisotopic (exact) mass is 402 g/mol. The lowest BCUT2D eigenvalue weighted by Crippen LogP contribution is -2.22. The van der Waals surface area contributed by atoms with Gasteiger partial charge in [-0.15, -0.1) is 11.3 Å². The second kappa shape index (κ2) is 7.08. The number of aromatic nitrogens is 3. The van der Waals surface area contributed by atoms with Gasteiger partial charge < -0.3 is 10.3 Å². The van der Waals surface area contributed by atoms with Crippen molar-refractivity contribution in [3.63, 3.8) is 0 Å². The average molecular weight is 403 g/mol. The molecule has 1 aliphatic heterocycles. The van der Waals surface area contributed by atoms with Crippen molar-refractivity contribution in [2.24, 2.45) is 0 Å². The van der Waals surface area contributed by atoms with E-state index in [1.807, 2.05) is 11.3 Å². The van der Waals surface area contributed by atoms with Crippen molar-refractivity contribution in [1.29, 1.82) is 0 Å². The lowest BCUT2D eigenvalue weighted by Gasteiger charge is -2.10. The predicted octanol–water partition coefficient (Wildman–Crippen LogP) is 5.74. The van der Waals surface area contributed by atoms with Crippen molar-refractivity contribution in [2.45, 2.75) is 46.6 Å². The fourth-order valence-corrected chi connectivity index (χ4v) is 5.47. The summed E-state index contributed by atoms with van der Waals surface area (Å²) in [4.78, 5) is 14.6. The molecule has 4 nitrogen and oxygen atoms in total. The second-order valence-electron chi connectivity index (χ2n) is 8.28. The van der Waals surface area contributed by atoms with Gasteiger partial charge in [-0.25, -0.2) is 4.98 Å². The Hall–Kier alpha value is -2.50. The molecule has 29 heavy (non-hydrogen) atoms. The summed E-state index contributed by atoms with van der Waals surface area (Å²) in [6, 6.07) is 11.1. The van der Waals surface area contributed by atoms with E-state index in [2.05, 4.69) is 73.3 Å². The molecule has 0 atom stereocenters. The van der Waals surface area contributed by atoms with Gasteiger partial charge in [-0.1, -0.05) is 13.8 Å². The van der Waals surface area contributed by atoms with E-state index in [0.29, 0.717) is 5.92 Å². The van der Waals surface area contributed by atoms with Crippen LogP contribution < -0.4 is 5.32 Å². The smallest absolute Gasteiger partial charge is 0.123 e. The highest BCUT2D eigenvalue weighted by atomic mass is 32.1. The number of nitrogens with zero attached hydrogens (tertiary/aromatic N) is 2. The van der Waals surface area contributed by atoms with Crippen LogP contribution in [0.5, 0.6) is 0 Å². The quantitative estimate of drug-likeness (QED) is 0.459. The third-order valence-corrected chi connectivity index (χ3v) is 6.78. The van der Waals surface area contributed by atoms with Crippen molar-refractivity contribution >= 4 is 22.2 Å². The molecule has 4 aromatic rings. The molecule has 4 heterocycles. The van der Waals surface area contributed by atoms with Gasteiger partial charge in [0.15, 0.2) is 0 Å². The van der Waals surface area contributed by atoms with E-state index < -0.39 is 0 Å². The maximum atomic E-state index is 4.95. The summed E-state index contributed by atoms with van der Waals surface area (Å²) >= 11 is 1.83. The molecule has 1 aromatic carbocycles. The molecular weight excluding hydrogens is 376 g/mol. The van der Waals surface area contributed by atoms with Crippen molar-refractivity contribution in [2.75, 3.05) is 6.54 Å². The first kappa shape index (κ1) is 18.5. The van der Waals surface area contributed by atoms with Gasteiger partial charge >= 0.3 is 0 Å². The van der Waals surface area contributed by atoms with Crippen molar-refractivity contribution < 1.29 is 0 Å². The third kappa shape index (κ3) is 3.28. The van der Waals surface area contributed by atoms with Gasteiger partial charge in [-0.05, 0) is 55.7 Å². The van der Waals surface area contributed by atoms with Crippen LogP contribution in [-0.4, -0.2) is 21.5 Å². The van der Waals surface area contributed by atoms with Gasteiger partial charge in [0.25, 0.3) is 0 Å². The van der Waals surface area contributed by atoms with E-state index in [-0.39, 0.29) is 0 Å². The number of fused-ring (bicyclic) bond motifs is 2. The van der Waals surface area contributed by atoms with E-state index in [0.717, 1.165) is 35.9 Å². The summed E-state index contributed by atoms with van der Waals surface area (Å²) in [7, 11) is 0. The van der Waals surface area contributed by atoms with E-state index >= 15 is 0 Å². The summed E-state index contributed by atoms with van der Waals surface area (Å²) < 4.78 is 0. The molecule has 0 saturated carbocycles. The number of benzene rings is 1. The molecule has 0 amide bonds. The molecule has 0 unspecified atom stereocenters. The van der Waals surface area contributed by atoms with Crippen LogP contribution in [0.25, 0.3) is 32.7 Å². The third-order valence-electron chi connectivity index (χ3n) is 5.64. The molecule has 3 aromatic heterocycles. The van der Waals surface area contributed by atoms with Gasteiger partial charge in [-0.3, -0.25) is 4.98 Å². The Balaban J connectivity index is 1.67. The Kier molecular flexibility index (Phi) is 4.52. The Labute approximate surface area is 175 Å². The Bertz CT molecular complexity index is 1170. The number of H-pyrrole nitrogens is 1. The topological polar surface area (TPSA) is 53.6 Å². The summed E-state index contributed by atoms with van der Waals surface area (Å²) in [6.07, 6.45) is 1.03. The average Bonchev–Trinajstić information content (AvgIpc) is 3.28. The van der Waals surface area contributed by atoms with Crippen LogP contribution in [0, 0.1) is 13.8 Å². The molecule has 0 bridgehead atoms. The molecule has 0 radical (unpaired) electrons. The fraction of sp³-hybridized carbons (Fsp3) is 0.333. The zero-order chi connectivity index (χ0) is 20.1. The zero-order valence-corrected chi connectivity index (χ0v) is 18.2. The molecule has 0 saturated heterocycles. The molecule has 0 spiro atoms. The standard InChI is InChI=1S/C24H26N4S/c1-13(2)22-18-11-16(24-28-20-7-8-25-12-21(20)29-24)5-6-19(18)27-23(22)17-9-14(3)26-15(4)10-17/h5-6,9-11,13,25,27H,7-8,12H2,1-4H3. The van der Waals surface area contributed by atoms with Crippen LogP contribution in [0.4, 0.5) is 0 Å². The molecule has 0 aliphatic carbocycles. The minimum atomic E-state index is 0.413. The molecular formula is C24H26N4S. The van der Waals surface area contributed by atoms with Gasteiger partial charge in [0.05, 0.1) is 11.4 Å². The van der Waals surface area contributed by atoms with Crippen LogP contribution >= 0.6 is 11.3 Å². The van der Waals surface area contributed by atoms with Crippen molar-refractivity contribution in [1.82, 2.24) is 20.3 Å². The molecule has 1 aliphatic rings. The lowest BCUT2D eigenvalue weighted by atomic mass is 9.95. The molecule has 5 rings (SSSR count). The largest absolute Gasteiger partial charge is 0.354 e. The lowest BCUT2D eigenvalue weighted by molar-refractivity contribution is 0.644. The van der Waals surface area contributed by atoms with Gasteiger partial charge in [0.2, 0.25) is 0 Å². The summed E-state index contributed by atoms with van der Waals surface area (Å²) in [5.41, 5.74) is 9.57. The highest BCUT2D eigenvalue weighted by molar-refractivity contribution is 7.15. The van der Waals surface area contributed by atoms with Crippen LogP contribution in [0.2, 0.25) is 0 Å². The number of thiazole rings is 1. The normalized spacial score (nSPS) is 14.0. The minimum absolute atomic E-state index is 0.413. The highest BCUT2D eigenvalue weighted by Gasteiger charge is 2.19. The number of hydrogen-bond acceptors (Lipinski definition) is 4.